The van der Waals surface area contributed by atoms with Gasteiger partial charge in [0.2, 0.25) is 11.8 Å². The zero-order valence-electron chi connectivity index (χ0n) is 18.8. The molecule has 34 heavy (non-hydrogen) atoms. The molecule has 3 amide bonds. The van der Waals surface area contributed by atoms with Crippen LogP contribution in [0.15, 0.2) is 36.4 Å². The quantitative estimate of drug-likeness (QED) is 0.272. The highest BCUT2D eigenvalue weighted by molar-refractivity contribution is 6.32. The van der Waals surface area contributed by atoms with E-state index in [1.54, 1.807) is 29.7 Å². The van der Waals surface area contributed by atoms with Gasteiger partial charge in [0.05, 0.1) is 5.41 Å². The lowest BCUT2D eigenvalue weighted by Crippen LogP contribution is -2.50. The van der Waals surface area contributed by atoms with Gasteiger partial charge >= 0.3 is 0 Å². The minimum absolute atomic E-state index is 0.184. The second-order valence-electron chi connectivity index (χ2n) is 8.28. The standard InChI is InChI=1S/C23H26Cl2N4O5/c1-14(30)26-9-7-18(21(31)28-33)29-10-8-23(2,22(29)32)16-3-5-17(6-4-16)34-13-15-11-19(24)27-20(25)12-15/h3-6,11-12,18,33H,7-10,13H2,1-2H3,(H,26,30)(H,28,31). The van der Waals surface area contributed by atoms with Crippen LogP contribution in [0.2, 0.25) is 10.3 Å². The number of hydrogen-bond donors (Lipinski definition) is 3. The van der Waals surface area contributed by atoms with E-state index >= 15 is 0 Å². The van der Waals surface area contributed by atoms with E-state index in [1.807, 2.05) is 19.1 Å². The van der Waals surface area contributed by atoms with Crippen LogP contribution in [0.3, 0.4) is 0 Å². The van der Waals surface area contributed by atoms with Crippen LogP contribution in [0.1, 0.15) is 37.8 Å². The number of rotatable bonds is 9. The third-order valence-corrected chi connectivity index (χ3v) is 6.27. The smallest absolute Gasteiger partial charge is 0.266 e. The fraction of sp³-hybridized carbons (Fsp3) is 0.391. The van der Waals surface area contributed by atoms with Crippen molar-refractivity contribution in [2.45, 2.75) is 44.8 Å². The summed E-state index contributed by atoms with van der Waals surface area (Å²) in [6.07, 6.45) is 0.680. The van der Waals surface area contributed by atoms with Gasteiger partial charge in [-0.05, 0) is 55.2 Å². The Balaban J connectivity index is 1.69. The SMILES string of the molecule is CC(=O)NCCC(C(=O)NO)N1CCC(C)(c2ccc(OCc3cc(Cl)nc(Cl)c3)cc2)C1=O. The summed E-state index contributed by atoms with van der Waals surface area (Å²) in [5.41, 5.74) is 2.34. The lowest BCUT2D eigenvalue weighted by Gasteiger charge is -2.29. The normalized spacial score (nSPS) is 18.5. The summed E-state index contributed by atoms with van der Waals surface area (Å²) < 4.78 is 5.79. The lowest BCUT2D eigenvalue weighted by atomic mass is 9.81. The molecule has 0 aliphatic carbocycles. The van der Waals surface area contributed by atoms with E-state index in [9.17, 15) is 14.4 Å². The first-order chi connectivity index (χ1) is 16.1. The van der Waals surface area contributed by atoms with E-state index in [2.05, 4.69) is 10.3 Å². The Kier molecular flexibility index (Phi) is 8.35. The molecule has 1 aliphatic heterocycles. The Morgan fingerprint density at radius 1 is 1.24 bits per heavy atom. The number of likely N-dealkylation sites (tertiary alicyclic amines) is 1. The maximum atomic E-state index is 13.4. The van der Waals surface area contributed by atoms with Crippen molar-refractivity contribution in [1.29, 1.82) is 0 Å². The zero-order valence-corrected chi connectivity index (χ0v) is 20.3. The maximum absolute atomic E-state index is 13.4. The molecule has 0 spiro atoms. The summed E-state index contributed by atoms with van der Waals surface area (Å²) in [6.45, 7) is 3.99. The molecule has 0 bridgehead atoms. The Hall–Kier alpha value is -2.88. The summed E-state index contributed by atoms with van der Waals surface area (Å²) >= 11 is 11.8. The fourth-order valence-electron chi connectivity index (χ4n) is 4.01. The minimum atomic E-state index is -0.896. The second-order valence-corrected chi connectivity index (χ2v) is 9.05. The molecule has 1 aromatic heterocycles. The Labute approximate surface area is 207 Å². The first-order valence-electron chi connectivity index (χ1n) is 10.7. The number of halogens is 2. The number of aromatic nitrogens is 1. The number of hydrogen-bond acceptors (Lipinski definition) is 6. The molecular weight excluding hydrogens is 483 g/mol. The topological polar surface area (TPSA) is 121 Å². The van der Waals surface area contributed by atoms with E-state index in [0.717, 1.165) is 11.1 Å². The van der Waals surface area contributed by atoms with Crippen LogP contribution in [-0.4, -0.2) is 51.9 Å². The highest BCUT2D eigenvalue weighted by Crippen LogP contribution is 2.37. The van der Waals surface area contributed by atoms with E-state index in [0.29, 0.717) is 18.7 Å². The van der Waals surface area contributed by atoms with Crippen LogP contribution in [0.4, 0.5) is 0 Å². The predicted octanol–water partition coefficient (Wildman–Crippen LogP) is 2.86. The maximum Gasteiger partial charge on any atom is 0.266 e. The van der Waals surface area contributed by atoms with Crippen LogP contribution in [0.25, 0.3) is 0 Å². The van der Waals surface area contributed by atoms with E-state index in [4.69, 9.17) is 33.1 Å². The number of amides is 3. The van der Waals surface area contributed by atoms with Crippen LogP contribution >= 0.6 is 23.2 Å². The van der Waals surface area contributed by atoms with Crippen molar-refractivity contribution >= 4 is 40.9 Å². The summed E-state index contributed by atoms with van der Waals surface area (Å²) in [5, 5.41) is 12.3. The number of pyridine rings is 1. The van der Waals surface area contributed by atoms with E-state index in [1.165, 1.54) is 11.8 Å². The van der Waals surface area contributed by atoms with Crippen LogP contribution in [0.5, 0.6) is 5.75 Å². The summed E-state index contributed by atoms with van der Waals surface area (Å²) in [7, 11) is 0. The fourth-order valence-corrected chi connectivity index (χ4v) is 4.51. The van der Waals surface area contributed by atoms with E-state index < -0.39 is 17.4 Å². The van der Waals surface area contributed by atoms with Gasteiger partial charge in [-0.1, -0.05) is 35.3 Å². The van der Waals surface area contributed by atoms with Gasteiger partial charge in [-0.3, -0.25) is 19.6 Å². The van der Waals surface area contributed by atoms with Crippen LogP contribution in [-0.2, 0) is 26.4 Å². The van der Waals surface area contributed by atoms with Crippen molar-refractivity contribution in [3.8, 4) is 5.75 Å². The molecule has 2 unspecified atom stereocenters. The van der Waals surface area contributed by atoms with Gasteiger partial charge in [-0.15, -0.1) is 0 Å². The van der Waals surface area contributed by atoms with Gasteiger partial charge < -0.3 is 15.0 Å². The highest BCUT2D eigenvalue weighted by atomic mass is 35.5. The van der Waals surface area contributed by atoms with Gasteiger partial charge in [0.15, 0.2) is 0 Å². The molecule has 1 saturated heterocycles. The van der Waals surface area contributed by atoms with Gasteiger partial charge in [0.1, 0.15) is 28.7 Å². The third-order valence-electron chi connectivity index (χ3n) is 5.89. The monoisotopic (exact) mass is 508 g/mol. The molecule has 0 saturated carbocycles. The van der Waals surface area contributed by atoms with Crippen molar-refractivity contribution in [3.05, 3.63) is 57.8 Å². The van der Waals surface area contributed by atoms with Crippen molar-refractivity contribution < 1.29 is 24.3 Å². The van der Waals surface area contributed by atoms with Crippen molar-refractivity contribution in [2.75, 3.05) is 13.1 Å². The lowest BCUT2D eigenvalue weighted by molar-refractivity contribution is -0.144. The molecule has 2 heterocycles. The van der Waals surface area contributed by atoms with Gasteiger partial charge in [-0.25, -0.2) is 10.5 Å². The number of carbonyl (C=O) groups is 3. The largest absolute Gasteiger partial charge is 0.489 e. The molecule has 1 fully saturated rings. The zero-order chi connectivity index (χ0) is 24.9. The average Bonchev–Trinajstić information content (AvgIpc) is 3.09. The van der Waals surface area contributed by atoms with Crippen LogP contribution < -0.4 is 15.5 Å². The summed E-state index contributed by atoms with van der Waals surface area (Å²) in [6, 6.07) is 9.63. The first-order valence-corrected chi connectivity index (χ1v) is 11.4. The first kappa shape index (κ1) is 25.7. The van der Waals surface area contributed by atoms with Gasteiger partial charge in [0.25, 0.3) is 5.91 Å². The summed E-state index contributed by atoms with van der Waals surface area (Å²) in [5.74, 6) is -0.550. The number of hydroxylamine groups is 1. The molecule has 1 aliphatic rings. The molecule has 3 rings (SSSR count). The number of benzene rings is 1. The predicted molar refractivity (Wildman–Crippen MR) is 126 cm³/mol. The third kappa shape index (κ3) is 5.97. The Morgan fingerprint density at radius 3 is 2.47 bits per heavy atom. The second kappa shape index (κ2) is 11.0. The van der Waals surface area contributed by atoms with Crippen LogP contribution in [0, 0.1) is 0 Å². The van der Waals surface area contributed by atoms with Crippen molar-refractivity contribution in [1.82, 2.24) is 20.7 Å². The minimum Gasteiger partial charge on any atom is -0.489 e. The molecular formula is C23H26Cl2N4O5. The van der Waals surface area contributed by atoms with Gasteiger partial charge in [-0.2, -0.15) is 0 Å². The Morgan fingerprint density at radius 2 is 1.88 bits per heavy atom. The number of nitrogens with one attached hydrogen (secondary N) is 2. The average molecular weight is 509 g/mol. The number of carbonyl (C=O) groups excluding carboxylic acids is 3. The Bertz CT molecular complexity index is 1050. The van der Waals surface area contributed by atoms with Crippen molar-refractivity contribution in [3.63, 3.8) is 0 Å². The highest BCUT2D eigenvalue weighted by Gasteiger charge is 2.47. The molecule has 9 nitrogen and oxygen atoms in total. The molecule has 11 heteroatoms. The molecule has 0 radical (unpaired) electrons. The van der Waals surface area contributed by atoms with Crippen molar-refractivity contribution in [2.24, 2.45) is 0 Å². The molecule has 2 aromatic rings. The molecule has 182 valence electrons. The number of ether oxygens (including phenoxy) is 1. The summed E-state index contributed by atoms with van der Waals surface area (Å²) in [4.78, 5) is 42.1. The van der Waals surface area contributed by atoms with Gasteiger partial charge in [0, 0.05) is 20.0 Å². The number of nitrogens with zero attached hydrogens (tertiary/aromatic N) is 2. The molecule has 2 atom stereocenters. The molecule has 3 N–H and O–H groups in total. The molecule has 1 aromatic carbocycles. The van der Waals surface area contributed by atoms with E-state index in [-0.39, 0.29) is 41.7 Å².